The number of pyridine rings is 2. The van der Waals surface area contributed by atoms with Crippen LogP contribution >= 0.6 is 11.6 Å². The zero-order valence-corrected chi connectivity index (χ0v) is 20.6. The first kappa shape index (κ1) is 23.7. The Kier molecular flexibility index (Phi) is 7.16. The maximum atomic E-state index is 13.1. The van der Waals surface area contributed by atoms with E-state index in [-0.39, 0.29) is 5.91 Å². The molecule has 0 radical (unpaired) electrons. The van der Waals surface area contributed by atoms with Crippen LogP contribution in [0.2, 0.25) is 5.02 Å². The molecule has 1 fully saturated rings. The van der Waals surface area contributed by atoms with Crippen molar-refractivity contribution in [3.8, 4) is 23.0 Å². The second kappa shape index (κ2) is 10.3. The monoisotopic (exact) mass is 474 g/mol. The minimum Gasteiger partial charge on any atom is -0.384 e. The van der Waals surface area contributed by atoms with Gasteiger partial charge in [0.2, 0.25) is 0 Å². The van der Waals surface area contributed by atoms with Crippen LogP contribution in [0.5, 0.6) is 0 Å². The van der Waals surface area contributed by atoms with Crippen LogP contribution in [0, 0.1) is 11.8 Å². The molecule has 0 spiro atoms. The first-order valence-electron chi connectivity index (χ1n) is 11.4. The lowest BCUT2D eigenvalue weighted by atomic mass is 9.96. The molecular formula is C27H29ClN5O+. The molecule has 0 unspecified atom stereocenters. The zero-order valence-electron chi connectivity index (χ0n) is 19.8. The summed E-state index contributed by atoms with van der Waals surface area (Å²) < 4.78 is 2.08. The lowest BCUT2D eigenvalue weighted by molar-refractivity contribution is -0.679. The molecule has 3 heterocycles. The third-order valence-electron chi connectivity index (χ3n) is 6.20. The summed E-state index contributed by atoms with van der Waals surface area (Å²) in [5.41, 5.74) is 11.0. The van der Waals surface area contributed by atoms with Crippen LogP contribution in [-0.2, 0) is 13.5 Å². The largest absolute Gasteiger partial charge is 0.384 e. The number of likely N-dealkylation sites (N-methyl/N-ethyl adjacent to an activating group) is 1. The van der Waals surface area contributed by atoms with Crippen molar-refractivity contribution in [3.63, 3.8) is 0 Å². The average Bonchev–Trinajstić information content (AvgIpc) is 2.83. The molecule has 0 bridgehead atoms. The third kappa shape index (κ3) is 5.06. The van der Waals surface area contributed by atoms with Gasteiger partial charge in [0.1, 0.15) is 12.9 Å². The number of aromatic nitrogens is 2. The zero-order chi connectivity index (χ0) is 24.2. The summed E-state index contributed by atoms with van der Waals surface area (Å²) in [7, 11) is 4.08. The fraction of sp³-hybridized carbons (Fsp3) is 0.296. The third-order valence-corrected chi connectivity index (χ3v) is 6.52. The number of amides is 1. The number of hydrogen-bond donors (Lipinski definition) is 1. The van der Waals surface area contributed by atoms with Crippen molar-refractivity contribution in [1.29, 1.82) is 0 Å². The number of rotatable bonds is 3. The highest BCUT2D eigenvalue weighted by Crippen LogP contribution is 2.29. The molecule has 0 saturated carbocycles. The standard InChI is InChI=1S/C27H28ClN5O/c1-4-25-22(8-5-19-6-10-26(29)30-18-19)21(11-12-32(25)3)20-7-9-23(24(28)17-20)27(34)33-15-13-31(2)14-16-33/h6-7,9-12,17-18H,4,13-16H2,1-3H3,(H-,29,30,34)/p+1. The van der Waals surface area contributed by atoms with Crippen molar-refractivity contribution < 1.29 is 9.36 Å². The van der Waals surface area contributed by atoms with Crippen molar-refractivity contribution in [3.05, 3.63) is 76.2 Å². The van der Waals surface area contributed by atoms with Crippen LogP contribution in [0.15, 0.2) is 48.8 Å². The lowest BCUT2D eigenvalue weighted by Crippen LogP contribution is -2.47. The highest BCUT2D eigenvalue weighted by Gasteiger charge is 2.23. The number of benzene rings is 1. The minimum atomic E-state index is -0.0192. The Labute approximate surface area is 206 Å². The topological polar surface area (TPSA) is 66.3 Å². The number of carbonyl (C=O) groups is 1. The predicted octanol–water partition coefficient (Wildman–Crippen LogP) is 3.16. The molecule has 1 saturated heterocycles. The van der Waals surface area contributed by atoms with Crippen LogP contribution < -0.4 is 10.3 Å². The van der Waals surface area contributed by atoms with Crippen LogP contribution in [0.1, 0.15) is 34.1 Å². The molecule has 34 heavy (non-hydrogen) atoms. The van der Waals surface area contributed by atoms with E-state index in [2.05, 4.69) is 40.3 Å². The smallest absolute Gasteiger partial charge is 0.255 e. The van der Waals surface area contributed by atoms with E-state index in [1.54, 1.807) is 12.3 Å². The molecule has 0 aliphatic carbocycles. The van der Waals surface area contributed by atoms with E-state index in [9.17, 15) is 4.79 Å². The van der Waals surface area contributed by atoms with E-state index in [0.717, 1.165) is 47.5 Å². The molecule has 3 aromatic rings. The summed E-state index contributed by atoms with van der Waals surface area (Å²) in [6, 6.07) is 11.3. The van der Waals surface area contributed by atoms with Crippen LogP contribution in [0.4, 0.5) is 5.82 Å². The quantitative estimate of drug-likeness (QED) is 0.468. The van der Waals surface area contributed by atoms with Gasteiger partial charge in [0.15, 0.2) is 11.9 Å². The van der Waals surface area contributed by atoms with Gasteiger partial charge in [0.25, 0.3) is 5.91 Å². The Morgan fingerprint density at radius 2 is 1.91 bits per heavy atom. The molecule has 1 aliphatic heterocycles. The number of anilines is 1. The SMILES string of the molecule is CCc1c(C#Cc2ccc(N)nc2)c(-c2ccc(C(=O)N3CCN(C)CC3)c(Cl)c2)cc[n+]1C. The molecule has 6 nitrogen and oxygen atoms in total. The van der Waals surface area contributed by atoms with E-state index < -0.39 is 0 Å². The molecule has 1 aromatic carbocycles. The van der Waals surface area contributed by atoms with Gasteiger partial charge in [-0.15, -0.1) is 0 Å². The lowest BCUT2D eigenvalue weighted by Gasteiger charge is -2.32. The molecule has 7 heteroatoms. The Hall–Kier alpha value is -3.40. The minimum absolute atomic E-state index is 0.0192. The van der Waals surface area contributed by atoms with Gasteiger partial charge in [-0.25, -0.2) is 9.55 Å². The number of nitrogens with zero attached hydrogens (tertiary/aromatic N) is 4. The van der Waals surface area contributed by atoms with Gasteiger partial charge >= 0.3 is 0 Å². The second-order valence-electron chi connectivity index (χ2n) is 8.53. The molecule has 174 valence electrons. The van der Waals surface area contributed by atoms with Crippen LogP contribution in [-0.4, -0.2) is 53.9 Å². The number of halogens is 1. The number of carbonyl (C=O) groups excluding carboxylic acids is 1. The molecule has 1 amide bonds. The van der Waals surface area contributed by atoms with Gasteiger partial charge in [0.05, 0.1) is 16.1 Å². The maximum absolute atomic E-state index is 13.1. The molecule has 1 aliphatic rings. The van der Waals surface area contributed by atoms with E-state index >= 15 is 0 Å². The highest BCUT2D eigenvalue weighted by molar-refractivity contribution is 6.34. The summed E-state index contributed by atoms with van der Waals surface area (Å²) in [6.45, 7) is 5.27. The van der Waals surface area contributed by atoms with E-state index in [1.807, 2.05) is 48.5 Å². The van der Waals surface area contributed by atoms with Crippen molar-refractivity contribution in [2.24, 2.45) is 7.05 Å². The Morgan fingerprint density at radius 1 is 1.15 bits per heavy atom. The number of nitrogens with two attached hydrogens (primary N) is 1. The number of hydrogen-bond acceptors (Lipinski definition) is 4. The average molecular weight is 475 g/mol. The van der Waals surface area contributed by atoms with Crippen molar-refractivity contribution in [2.75, 3.05) is 39.0 Å². The molecule has 2 N–H and O–H groups in total. The van der Waals surface area contributed by atoms with Gasteiger partial charge in [-0.1, -0.05) is 36.4 Å². The van der Waals surface area contributed by atoms with Crippen molar-refractivity contribution in [1.82, 2.24) is 14.8 Å². The summed E-state index contributed by atoms with van der Waals surface area (Å²) >= 11 is 6.65. The first-order valence-corrected chi connectivity index (χ1v) is 11.8. The fourth-order valence-corrected chi connectivity index (χ4v) is 4.41. The Morgan fingerprint density at radius 3 is 2.56 bits per heavy atom. The number of nitrogen functional groups attached to an aromatic ring is 1. The maximum Gasteiger partial charge on any atom is 0.255 e. The summed E-state index contributed by atoms with van der Waals surface area (Å²) in [6.07, 6.45) is 4.52. The van der Waals surface area contributed by atoms with Crippen LogP contribution in [0.25, 0.3) is 11.1 Å². The number of piperazine rings is 1. The summed E-state index contributed by atoms with van der Waals surface area (Å²) in [4.78, 5) is 21.3. The van der Waals surface area contributed by atoms with Gasteiger partial charge in [0, 0.05) is 56.0 Å². The molecule has 2 aromatic heterocycles. The number of aryl methyl sites for hydroxylation is 1. The van der Waals surface area contributed by atoms with Crippen LogP contribution in [0.3, 0.4) is 0 Å². The Bertz CT molecular complexity index is 1270. The normalized spacial score (nSPS) is 13.9. The van der Waals surface area contributed by atoms with E-state index in [4.69, 9.17) is 17.3 Å². The molecule has 4 rings (SSSR count). The molecular weight excluding hydrogens is 446 g/mol. The first-order chi connectivity index (χ1) is 16.4. The van der Waals surface area contributed by atoms with E-state index in [0.29, 0.717) is 29.5 Å². The predicted molar refractivity (Wildman–Crippen MR) is 135 cm³/mol. The summed E-state index contributed by atoms with van der Waals surface area (Å²) in [5, 5.41) is 0.453. The second-order valence-corrected chi connectivity index (χ2v) is 8.93. The highest BCUT2D eigenvalue weighted by atomic mass is 35.5. The van der Waals surface area contributed by atoms with Gasteiger partial charge < -0.3 is 15.5 Å². The van der Waals surface area contributed by atoms with Crippen molar-refractivity contribution >= 4 is 23.3 Å². The van der Waals surface area contributed by atoms with Gasteiger partial charge in [-0.2, -0.15) is 0 Å². The summed E-state index contributed by atoms with van der Waals surface area (Å²) in [5.74, 6) is 7.00. The van der Waals surface area contributed by atoms with E-state index in [1.165, 1.54) is 0 Å². The van der Waals surface area contributed by atoms with Crippen molar-refractivity contribution in [2.45, 2.75) is 13.3 Å². The van der Waals surface area contributed by atoms with Gasteiger partial charge in [-0.05, 0) is 36.9 Å². The molecule has 0 atom stereocenters. The fourth-order valence-electron chi connectivity index (χ4n) is 4.15. The van der Waals surface area contributed by atoms with Gasteiger partial charge in [-0.3, -0.25) is 4.79 Å². The Balaban J connectivity index is 1.71.